The van der Waals surface area contributed by atoms with Gasteiger partial charge in [0.15, 0.2) is 0 Å². The highest BCUT2D eigenvalue weighted by Crippen LogP contribution is 2.39. The first-order valence-electron chi connectivity index (χ1n) is 8.50. The molecule has 0 unspecified atom stereocenters. The van der Waals surface area contributed by atoms with E-state index in [9.17, 15) is 9.18 Å². The van der Waals surface area contributed by atoms with Crippen molar-refractivity contribution in [2.24, 2.45) is 0 Å². The van der Waals surface area contributed by atoms with Crippen LogP contribution in [0.25, 0.3) is 0 Å². The lowest BCUT2D eigenvalue weighted by molar-refractivity contribution is 0.214. The second kappa shape index (κ2) is 7.49. The molecule has 3 nitrogen and oxygen atoms in total. The lowest BCUT2D eigenvalue weighted by atomic mass is 9.87. The number of carbonyl (C=O) groups excluding carboxylic acids is 1. The molecule has 1 fully saturated rings. The van der Waals surface area contributed by atoms with Crippen molar-refractivity contribution in [2.75, 3.05) is 17.6 Å². The average Bonchev–Trinajstić information content (AvgIpc) is 3.07. The summed E-state index contributed by atoms with van der Waals surface area (Å²) in [4.78, 5) is 14.5. The summed E-state index contributed by atoms with van der Waals surface area (Å²) in [6, 6.07) is 12.4. The van der Waals surface area contributed by atoms with Crippen molar-refractivity contribution in [3.63, 3.8) is 0 Å². The molecule has 0 aromatic heterocycles. The molecule has 3 rings (SSSR count). The maximum atomic E-state index is 13.3. The van der Waals surface area contributed by atoms with Crippen LogP contribution in [0.5, 0.6) is 0 Å². The van der Waals surface area contributed by atoms with Gasteiger partial charge in [-0.2, -0.15) is 0 Å². The van der Waals surface area contributed by atoms with Gasteiger partial charge in [0, 0.05) is 18.0 Å². The van der Waals surface area contributed by atoms with Crippen molar-refractivity contribution in [3.8, 4) is 0 Å². The van der Waals surface area contributed by atoms with E-state index in [4.69, 9.17) is 11.6 Å². The van der Waals surface area contributed by atoms with Gasteiger partial charge in [-0.1, -0.05) is 56.6 Å². The van der Waals surface area contributed by atoms with E-state index in [2.05, 4.69) is 50.4 Å². The normalized spacial score (nSPS) is 17.4. The molecular weight excluding hydrogens is 371 g/mol. The Bertz CT molecular complexity index is 804. The lowest BCUT2D eigenvalue weighted by Gasteiger charge is -2.25. The van der Waals surface area contributed by atoms with E-state index in [0.29, 0.717) is 12.2 Å². The Morgan fingerprint density at radius 2 is 1.92 bits per heavy atom. The molecule has 26 heavy (non-hydrogen) atoms. The van der Waals surface area contributed by atoms with Crippen LogP contribution in [-0.2, 0) is 5.41 Å². The molecular formula is C20H22ClFN2OS. The summed E-state index contributed by atoms with van der Waals surface area (Å²) in [5.41, 5.74) is 2.95. The van der Waals surface area contributed by atoms with Gasteiger partial charge in [0.1, 0.15) is 11.2 Å². The Labute approximate surface area is 162 Å². The van der Waals surface area contributed by atoms with Crippen LogP contribution in [0.3, 0.4) is 0 Å². The van der Waals surface area contributed by atoms with Crippen LogP contribution in [0, 0.1) is 5.82 Å². The summed E-state index contributed by atoms with van der Waals surface area (Å²) in [6.07, 6.45) is 0. The zero-order valence-corrected chi connectivity index (χ0v) is 16.6. The molecule has 0 spiro atoms. The summed E-state index contributed by atoms with van der Waals surface area (Å²) < 4.78 is 13.3. The van der Waals surface area contributed by atoms with Crippen LogP contribution in [-0.4, -0.2) is 23.2 Å². The molecule has 0 radical (unpaired) electrons. The molecule has 1 aliphatic rings. The molecule has 2 amide bonds. The molecule has 6 heteroatoms. The summed E-state index contributed by atoms with van der Waals surface area (Å²) in [5, 5.41) is 2.78. The van der Waals surface area contributed by atoms with Crippen LogP contribution in [0.1, 0.15) is 37.3 Å². The highest BCUT2D eigenvalue weighted by Gasteiger charge is 2.31. The quantitative estimate of drug-likeness (QED) is 0.674. The van der Waals surface area contributed by atoms with E-state index in [1.54, 1.807) is 16.7 Å². The number of hydrogen-bond donors (Lipinski definition) is 1. The third-order valence-corrected chi connectivity index (χ3v) is 5.93. The molecule has 0 saturated carbocycles. The third kappa shape index (κ3) is 4.15. The Kier molecular flexibility index (Phi) is 5.49. The SMILES string of the molecule is CC(C)(C)c1ccc([C@H]2SCCN2C(=O)Nc2ccc(F)c(Cl)c2)cc1. The van der Waals surface area contributed by atoms with E-state index in [1.165, 1.54) is 23.8 Å². The third-order valence-electron chi connectivity index (χ3n) is 4.38. The molecule has 0 bridgehead atoms. The molecule has 1 N–H and O–H groups in total. The molecule has 2 aromatic rings. The summed E-state index contributed by atoms with van der Waals surface area (Å²) in [5.74, 6) is 0.377. The van der Waals surface area contributed by atoms with Crippen LogP contribution in [0.4, 0.5) is 14.9 Å². The minimum absolute atomic E-state index is 0.00656. The Hall–Kier alpha value is -1.72. The smallest absolute Gasteiger partial charge is 0.308 e. The Balaban J connectivity index is 1.75. The van der Waals surface area contributed by atoms with Gasteiger partial charge in [-0.3, -0.25) is 0 Å². The average molecular weight is 393 g/mol. The van der Waals surface area contributed by atoms with Gasteiger partial charge in [-0.15, -0.1) is 11.8 Å². The van der Waals surface area contributed by atoms with E-state index >= 15 is 0 Å². The van der Waals surface area contributed by atoms with Crippen LogP contribution in [0.15, 0.2) is 42.5 Å². The number of urea groups is 1. The van der Waals surface area contributed by atoms with Crippen molar-refractivity contribution in [2.45, 2.75) is 31.6 Å². The summed E-state index contributed by atoms with van der Waals surface area (Å²) in [7, 11) is 0. The predicted molar refractivity (Wildman–Crippen MR) is 107 cm³/mol. The zero-order valence-electron chi connectivity index (χ0n) is 15.1. The van der Waals surface area contributed by atoms with Crippen molar-refractivity contribution in [3.05, 3.63) is 64.4 Å². The molecule has 1 heterocycles. The number of halogens is 2. The fourth-order valence-electron chi connectivity index (χ4n) is 2.87. The van der Waals surface area contributed by atoms with Crippen LogP contribution in [0.2, 0.25) is 5.02 Å². The molecule has 0 aliphatic carbocycles. The topological polar surface area (TPSA) is 32.3 Å². The standard InChI is InChI=1S/C20H22ClFN2OS/c1-20(2,3)14-6-4-13(5-7-14)18-24(10-11-26-18)19(25)23-15-8-9-17(22)16(21)12-15/h4-9,12,18H,10-11H2,1-3H3,(H,23,25)/t18-/m1/s1. The van der Waals surface area contributed by atoms with Crippen molar-refractivity contribution >= 4 is 35.1 Å². The molecule has 1 atom stereocenters. The van der Waals surface area contributed by atoms with Gasteiger partial charge >= 0.3 is 6.03 Å². The maximum absolute atomic E-state index is 13.3. The van der Waals surface area contributed by atoms with Gasteiger partial charge in [0.05, 0.1) is 5.02 Å². The minimum Gasteiger partial charge on any atom is -0.308 e. The highest BCUT2D eigenvalue weighted by atomic mass is 35.5. The van der Waals surface area contributed by atoms with Gasteiger partial charge < -0.3 is 10.2 Å². The van der Waals surface area contributed by atoms with E-state index < -0.39 is 5.82 Å². The second-order valence-electron chi connectivity index (χ2n) is 7.35. The maximum Gasteiger partial charge on any atom is 0.323 e. The van der Waals surface area contributed by atoms with Crippen LogP contribution >= 0.6 is 23.4 Å². The van der Waals surface area contributed by atoms with E-state index in [0.717, 1.165) is 11.3 Å². The first kappa shape index (κ1) is 19.1. The van der Waals surface area contributed by atoms with Gasteiger partial charge in [-0.25, -0.2) is 9.18 Å². The molecule has 1 aliphatic heterocycles. The van der Waals surface area contributed by atoms with E-state index in [-0.39, 0.29) is 21.8 Å². The fourth-order valence-corrected chi connectivity index (χ4v) is 4.31. The van der Waals surface area contributed by atoms with Crippen molar-refractivity contribution < 1.29 is 9.18 Å². The first-order chi connectivity index (χ1) is 12.3. The van der Waals surface area contributed by atoms with Crippen LogP contribution < -0.4 is 5.32 Å². The fraction of sp³-hybridized carbons (Fsp3) is 0.350. The highest BCUT2D eigenvalue weighted by molar-refractivity contribution is 7.99. The number of nitrogens with one attached hydrogen (secondary N) is 1. The van der Waals surface area contributed by atoms with E-state index in [1.807, 2.05) is 0 Å². The minimum atomic E-state index is -0.502. The predicted octanol–water partition coefficient (Wildman–Crippen LogP) is 6.06. The largest absolute Gasteiger partial charge is 0.323 e. The number of thioether (sulfide) groups is 1. The zero-order chi connectivity index (χ0) is 18.9. The number of amides is 2. The summed E-state index contributed by atoms with van der Waals surface area (Å²) >= 11 is 7.53. The lowest BCUT2D eigenvalue weighted by Crippen LogP contribution is -2.34. The second-order valence-corrected chi connectivity index (χ2v) is 8.94. The number of anilines is 1. The molecule has 1 saturated heterocycles. The van der Waals surface area contributed by atoms with Crippen molar-refractivity contribution in [1.82, 2.24) is 4.90 Å². The number of benzene rings is 2. The first-order valence-corrected chi connectivity index (χ1v) is 9.93. The Morgan fingerprint density at radius 1 is 1.23 bits per heavy atom. The number of hydrogen-bond acceptors (Lipinski definition) is 2. The molecule has 138 valence electrons. The number of rotatable bonds is 2. The number of nitrogens with zero attached hydrogens (tertiary/aromatic N) is 1. The van der Waals surface area contributed by atoms with Gasteiger partial charge in [-0.05, 0) is 34.7 Å². The number of carbonyl (C=O) groups is 1. The van der Waals surface area contributed by atoms with Gasteiger partial charge in [0.25, 0.3) is 0 Å². The Morgan fingerprint density at radius 3 is 2.54 bits per heavy atom. The summed E-state index contributed by atoms with van der Waals surface area (Å²) in [6.45, 7) is 7.21. The van der Waals surface area contributed by atoms with Crippen molar-refractivity contribution in [1.29, 1.82) is 0 Å². The monoisotopic (exact) mass is 392 g/mol. The molecule has 2 aromatic carbocycles. The van der Waals surface area contributed by atoms with Gasteiger partial charge in [0.2, 0.25) is 0 Å².